The van der Waals surface area contributed by atoms with Gasteiger partial charge in [-0.1, -0.05) is 13.8 Å². The lowest BCUT2D eigenvalue weighted by Crippen LogP contribution is -2.24. The van der Waals surface area contributed by atoms with Crippen LogP contribution in [-0.4, -0.2) is 17.6 Å². The van der Waals surface area contributed by atoms with Crippen LogP contribution in [0.4, 0.5) is 4.39 Å². The number of rotatable bonds is 5. The van der Waals surface area contributed by atoms with Crippen molar-refractivity contribution in [2.75, 3.05) is 6.54 Å². The van der Waals surface area contributed by atoms with Crippen LogP contribution in [-0.2, 0) is 6.42 Å². The lowest BCUT2D eigenvalue weighted by Gasteiger charge is -2.05. The van der Waals surface area contributed by atoms with Gasteiger partial charge in [-0.25, -0.2) is 9.37 Å². The Morgan fingerprint density at radius 2 is 2.16 bits per heavy atom. The molecule has 0 amide bonds. The zero-order chi connectivity index (χ0) is 13.8. The first kappa shape index (κ1) is 13.7. The second-order valence-corrected chi connectivity index (χ2v) is 4.94. The number of hydrogen-bond acceptors (Lipinski definition) is 3. The average Bonchev–Trinajstić information content (AvgIpc) is 2.81. The fraction of sp³-hybridized carbons (Fsp3) is 0.400. The first-order valence-electron chi connectivity index (χ1n) is 6.51. The van der Waals surface area contributed by atoms with E-state index in [1.54, 1.807) is 25.3 Å². The predicted molar refractivity (Wildman–Crippen MR) is 73.5 cm³/mol. The Labute approximate surface area is 112 Å². The molecule has 0 aliphatic carbocycles. The van der Waals surface area contributed by atoms with Crippen molar-refractivity contribution in [2.45, 2.75) is 33.2 Å². The van der Waals surface area contributed by atoms with E-state index in [9.17, 15) is 4.39 Å². The molecule has 4 heteroatoms. The quantitative estimate of drug-likeness (QED) is 0.898. The average molecular weight is 262 g/mol. The van der Waals surface area contributed by atoms with Gasteiger partial charge in [0.1, 0.15) is 5.82 Å². The fourth-order valence-electron chi connectivity index (χ4n) is 1.83. The molecule has 0 saturated carbocycles. The van der Waals surface area contributed by atoms with E-state index in [0.29, 0.717) is 23.3 Å². The highest BCUT2D eigenvalue weighted by atomic mass is 19.1. The topological polar surface area (TPSA) is 38.1 Å². The van der Waals surface area contributed by atoms with Crippen LogP contribution in [0.25, 0.3) is 11.3 Å². The van der Waals surface area contributed by atoms with Gasteiger partial charge in [0, 0.05) is 24.6 Å². The molecule has 0 aliphatic rings. The highest BCUT2D eigenvalue weighted by Gasteiger charge is 2.08. The monoisotopic (exact) mass is 262 g/mol. The molecule has 19 heavy (non-hydrogen) atoms. The molecule has 0 radical (unpaired) electrons. The Morgan fingerprint density at radius 1 is 1.37 bits per heavy atom. The van der Waals surface area contributed by atoms with Crippen LogP contribution in [0, 0.1) is 12.7 Å². The van der Waals surface area contributed by atoms with E-state index in [1.807, 2.05) is 0 Å². The number of oxazole rings is 1. The van der Waals surface area contributed by atoms with Gasteiger partial charge in [-0.05, 0) is 30.7 Å². The van der Waals surface area contributed by atoms with E-state index >= 15 is 0 Å². The van der Waals surface area contributed by atoms with Crippen molar-refractivity contribution in [1.82, 2.24) is 10.3 Å². The molecule has 0 atom stereocenters. The van der Waals surface area contributed by atoms with Crippen LogP contribution in [0.1, 0.15) is 25.3 Å². The zero-order valence-corrected chi connectivity index (χ0v) is 11.5. The molecule has 0 fully saturated rings. The summed E-state index contributed by atoms with van der Waals surface area (Å²) < 4.78 is 18.9. The van der Waals surface area contributed by atoms with Gasteiger partial charge in [-0.15, -0.1) is 0 Å². The predicted octanol–water partition coefficient (Wildman–Crippen LogP) is 3.33. The molecule has 0 aliphatic heterocycles. The molecule has 2 aromatic rings. The minimum atomic E-state index is -0.204. The number of halogens is 1. The van der Waals surface area contributed by atoms with Gasteiger partial charge in [-0.3, -0.25) is 0 Å². The Bertz CT molecular complexity index is 549. The number of aromatic nitrogens is 1. The molecule has 102 valence electrons. The largest absolute Gasteiger partial charge is 0.441 e. The summed E-state index contributed by atoms with van der Waals surface area (Å²) in [7, 11) is 0. The zero-order valence-electron chi connectivity index (χ0n) is 11.5. The number of hydrogen-bond donors (Lipinski definition) is 1. The SMILES string of the molecule is Cc1cc(-c2cnc(CCNC(C)C)o2)ccc1F. The molecule has 0 unspecified atom stereocenters. The van der Waals surface area contributed by atoms with Crippen LogP contribution >= 0.6 is 0 Å². The summed E-state index contributed by atoms with van der Waals surface area (Å²) in [6.07, 6.45) is 2.44. The van der Waals surface area contributed by atoms with Crippen molar-refractivity contribution in [3.63, 3.8) is 0 Å². The molecule has 1 heterocycles. The van der Waals surface area contributed by atoms with Crippen LogP contribution < -0.4 is 5.32 Å². The Morgan fingerprint density at radius 3 is 2.84 bits per heavy atom. The summed E-state index contributed by atoms with van der Waals surface area (Å²) in [6, 6.07) is 5.38. The molecular formula is C15H19FN2O. The maximum Gasteiger partial charge on any atom is 0.196 e. The van der Waals surface area contributed by atoms with E-state index in [-0.39, 0.29) is 5.82 Å². The number of benzene rings is 1. The molecule has 3 nitrogen and oxygen atoms in total. The van der Waals surface area contributed by atoms with Crippen LogP contribution in [0.5, 0.6) is 0 Å². The van der Waals surface area contributed by atoms with E-state index in [0.717, 1.165) is 18.5 Å². The van der Waals surface area contributed by atoms with Gasteiger partial charge >= 0.3 is 0 Å². The van der Waals surface area contributed by atoms with E-state index in [1.165, 1.54) is 6.07 Å². The highest BCUT2D eigenvalue weighted by molar-refractivity contribution is 5.57. The number of nitrogens with zero attached hydrogens (tertiary/aromatic N) is 1. The molecule has 2 rings (SSSR count). The summed E-state index contributed by atoms with van der Waals surface area (Å²) in [4.78, 5) is 4.24. The van der Waals surface area contributed by atoms with Crippen molar-refractivity contribution in [1.29, 1.82) is 0 Å². The van der Waals surface area contributed by atoms with Crippen LogP contribution in [0.2, 0.25) is 0 Å². The molecular weight excluding hydrogens is 243 g/mol. The Kier molecular flexibility index (Phi) is 4.32. The normalized spacial score (nSPS) is 11.2. The van der Waals surface area contributed by atoms with Gasteiger partial charge in [0.25, 0.3) is 0 Å². The van der Waals surface area contributed by atoms with Crippen molar-refractivity contribution in [2.24, 2.45) is 0 Å². The first-order valence-corrected chi connectivity index (χ1v) is 6.51. The summed E-state index contributed by atoms with van der Waals surface area (Å²) >= 11 is 0. The van der Waals surface area contributed by atoms with E-state index < -0.39 is 0 Å². The molecule has 0 saturated heterocycles. The maximum atomic E-state index is 13.2. The molecule has 1 N–H and O–H groups in total. The molecule has 1 aromatic carbocycles. The first-order chi connectivity index (χ1) is 9.06. The Hall–Kier alpha value is -1.68. The van der Waals surface area contributed by atoms with E-state index in [4.69, 9.17) is 4.42 Å². The van der Waals surface area contributed by atoms with E-state index in [2.05, 4.69) is 24.1 Å². The third-order valence-electron chi connectivity index (χ3n) is 2.89. The lowest BCUT2D eigenvalue weighted by molar-refractivity contribution is 0.484. The van der Waals surface area contributed by atoms with Crippen molar-refractivity contribution >= 4 is 0 Å². The minimum Gasteiger partial charge on any atom is -0.441 e. The standard InChI is InChI=1S/C15H19FN2O/c1-10(2)17-7-6-15-18-9-14(19-15)12-4-5-13(16)11(3)8-12/h4-5,8-10,17H,6-7H2,1-3H3. The smallest absolute Gasteiger partial charge is 0.196 e. The number of nitrogens with one attached hydrogen (secondary N) is 1. The summed E-state index contributed by atoms with van der Waals surface area (Å²) in [6.45, 7) is 6.77. The van der Waals surface area contributed by atoms with Crippen molar-refractivity contribution < 1.29 is 8.81 Å². The third-order valence-corrected chi connectivity index (χ3v) is 2.89. The minimum absolute atomic E-state index is 0.204. The second kappa shape index (κ2) is 5.97. The molecule has 0 bridgehead atoms. The van der Waals surface area contributed by atoms with Gasteiger partial charge in [0.2, 0.25) is 0 Å². The highest BCUT2D eigenvalue weighted by Crippen LogP contribution is 2.22. The van der Waals surface area contributed by atoms with Crippen LogP contribution in [0.15, 0.2) is 28.8 Å². The second-order valence-electron chi connectivity index (χ2n) is 4.94. The third kappa shape index (κ3) is 3.64. The number of aryl methyl sites for hydroxylation is 1. The van der Waals surface area contributed by atoms with Crippen molar-refractivity contribution in [3.8, 4) is 11.3 Å². The van der Waals surface area contributed by atoms with Crippen LogP contribution in [0.3, 0.4) is 0 Å². The maximum absolute atomic E-state index is 13.2. The van der Waals surface area contributed by atoms with Gasteiger partial charge in [-0.2, -0.15) is 0 Å². The molecule has 0 spiro atoms. The Balaban J connectivity index is 2.05. The molecule has 1 aromatic heterocycles. The summed E-state index contributed by atoms with van der Waals surface area (Å²) in [5, 5.41) is 3.31. The fourth-order valence-corrected chi connectivity index (χ4v) is 1.83. The van der Waals surface area contributed by atoms with Gasteiger partial charge < -0.3 is 9.73 Å². The lowest BCUT2D eigenvalue weighted by atomic mass is 10.1. The van der Waals surface area contributed by atoms with Crippen molar-refractivity contribution in [3.05, 3.63) is 41.7 Å². The van der Waals surface area contributed by atoms with Gasteiger partial charge in [0.05, 0.1) is 6.20 Å². The van der Waals surface area contributed by atoms with Gasteiger partial charge in [0.15, 0.2) is 11.7 Å². The summed E-state index contributed by atoms with van der Waals surface area (Å²) in [5.74, 6) is 1.18. The summed E-state index contributed by atoms with van der Waals surface area (Å²) in [5.41, 5.74) is 1.46.